The molecule has 1 heterocycles. The lowest BCUT2D eigenvalue weighted by molar-refractivity contribution is -0.141. The van der Waals surface area contributed by atoms with Crippen molar-refractivity contribution in [3.05, 3.63) is 29.0 Å². The van der Waals surface area contributed by atoms with Crippen molar-refractivity contribution in [2.75, 3.05) is 6.61 Å². The Bertz CT molecular complexity index is 407. The molecule has 1 rings (SSSR count). The van der Waals surface area contributed by atoms with Crippen LogP contribution in [-0.4, -0.2) is 17.6 Å². The third-order valence-electron chi connectivity index (χ3n) is 1.50. The summed E-state index contributed by atoms with van der Waals surface area (Å²) < 4.78 is 4.72. The lowest BCUT2D eigenvalue weighted by Gasteiger charge is -1.95. The number of rotatable bonds is 2. The van der Waals surface area contributed by atoms with Crippen LogP contribution in [-0.2, 0) is 9.53 Å². The molecular weight excluding hydrogens is 214 g/mol. The van der Waals surface area contributed by atoms with Crippen LogP contribution < -0.4 is 0 Å². The summed E-state index contributed by atoms with van der Waals surface area (Å²) in [5.74, 6) is 5.03. The van der Waals surface area contributed by atoms with Gasteiger partial charge in [0.05, 0.1) is 11.6 Å². The summed E-state index contributed by atoms with van der Waals surface area (Å²) in [6, 6.07) is 3.42. The molecule has 0 unspecified atom stereocenters. The zero-order valence-electron chi connectivity index (χ0n) is 8.29. The summed E-state index contributed by atoms with van der Waals surface area (Å²) in [6.07, 6.45) is 1.65. The van der Waals surface area contributed by atoms with Crippen LogP contribution in [0.25, 0.3) is 0 Å². The highest BCUT2D eigenvalue weighted by molar-refractivity contribution is 6.31. The molecule has 1 aromatic rings. The summed E-state index contributed by atoms with van der Waals surface area (Å²) in [5.41, 5.74) is 0.475. The molecule has 4 heteroatoms. The molecule has 0 atom stereocenters. The van der Waals surface area contributed by atoms with Gasteiger partial charge in [-0.3, -0.25) is 4.79 Å². The van der Waals surface area contributed by atoms with Gasteiger partial charge in [-0.1, -0.05) is 17.5 Å². The van der Waals surface area contributed by atoms with Crippen LogP contribution in [0.1, 0.15) is 19.0 Å². The van der Waals surface area contributed by atoms with Crippen molar-refractivity contribution in [3.63, 3.8) is 0 Å². The number of halogens is 1. The van der Waals surface area contributed by atoms with Crippen LogP contribution in [0.5, 0.6) is 0 Å². The number of pyridine rings is 1. The summed E-state index contributed by atoms with van der Waals surface area (Å²) >= 11 is 5.82. The van der Waals surface area contributed by atoms with Gasteiger partial charge >= 0.3 is 5.97 Å². The zero-order chi connectivity index (χ0) is 11.1. The van der Waals surface area contributed by atoms with Gasteiger partial charge in [-0.05, 0) is 25.0 Å². The summed E-state index contributed by atoms with van der Waals surface area (Å²) in [4.78, 5) is 14.9. The Morgan fingerprint density at radius 1 is 1.67 bits per heavy atom. The molecule has 1 aromatic heterocycles. The molecule has 0 N–H and O–H groups in total. The molecule has 78 valence electrons. The summed E-state index contributed by atoms with van der Waals surface area (Å²) in [7, 11) is 0. The second-order valence-electron chi connectivity index (χ2n) is 2.62. The van der Waals surface area contributed by atoms with E-state index in [0.717, 1.165) is 0 Å². The third kappa shape index (κ3) is 4.01. The van der Waals surface area contributed by atoms with Gasteiger partial charge in [0.1, 0.15) is 12.1 Å². The fraction of sp³-hybridized carbons (Fsp3) is 0.273. The van der Waals surface area contributed by atoms with E-state index in [4.69, 9.17) is 16.3 Å². The first kappa shape index (κ1) is 11.5. The average Bonchev–Trinajstić information content (AvgIpc) is 2.21. The number of hydrogen-bond donors (Lipinski definition) is 0. The first-order chi connectivity index (χ1) is 7.24. The number of carbonyl (C=O) groups excluding carboxylic acids is 1. The molecule has 0 amide bonds. The van der Waals surface area contributed by atoms with Gasteiger partial charge in [0.2, 0.25) is 0 Å². The van der Waals surface area contributed by atoms with E-state index in [1.54, 1.807) is 25.3 Å². The minimum Gasteiger partial charge on any atom is -0.465 e. The van der Waals surface area contributed by atoms with Gasteiger partial charge in [-0.15, -0.1) is 0 Å². The molecule has 0 aliphatic heterocycles. The Hall–Kier alpha value is -1.53. The van der Waals surface area contributed by atoms with Gasteiger partial charge in [-0.25, -0.2) is 4.98 Å². The van der Waals surface area contributed by atoms with Crippen LogP contribution in [0.3, 0.4) is 0 Å². The van der Waals surface area contributed by atoms with Crippen molar-refractivity contribution in [2.45, 2.75) is 13.3 Å². The number of nitrogens with zero attached hydrogens (tertiary/aromatic N) is 1. The van der Waals surface area contributed by atoms with E-state index in [1.165, 1.54) is 0 Å². The molecule has 0 aromatic carbocycles. The van der Waals surface area contributed by atoms with Crippen LogP contribution in [0.2, 0.25) is 5.02 Å². The maximum absolute atomic E-state index is 10.9. The third-order valence-corrected chi connectivity index (χ3v) is 1.81. The molecule has 0 fully saturated rings. The first-order valence-electron chi connectivity index (χ1n) is 4.49. The monoisotopic (exact) mass is 223 g/mol. The van der Waals surface area contributed by atoms with Crippen molar-refractivity contribution in [3.8, 4) is 11.8 Å². The van der Waals surface area contributed by atoms with Crippen molar-refractivity contribution in [1.29, 1.82) is 0 Å². The van der Waals surface area contributed by atoms with Crippen LogP contribution in [0.4, 0.5) is 0 Å². The molecule has 0 aliphatic rings. The van der Waals surface area contributed by atoms with E-state index in [0.29, 0.717) is 17.3 Å². The predicted octanol–water partition coefficient (Wildman–Crippen LogP) is 2.04. The number of esters is 1. The average molecular weight is 224 g/mol. The minimum absolute atomic E-state index is 0.0563. The van der Waals surface area contributed by atoms with Crippen LogP contribution in [0.15, 0.2) is 18.3 Å². The van der Waals surface area contributed by atoms with Crippen molar-refractivity contribution >= 4 is 17.6 Å². The maximum atomic E-state index is 10.9. The first-order valence-corrected chi connectivity index (χ1v) is 4.87. The topological polar surface area (TPSA) is 39.2 Å². The highest BCUT2D eigenvalue weighted by atomic mass is 35.5. The summed E-state index contributed by atoms with van der Waals surface area (Å²) in [5, 5.41) is 0.480. The number of carbonyl (C=O) groups is 1. The number of ether oxygens (including phenoxy) is 1. The quantitative estimate of drug-likeness (QED) is 0.569. The molecule has 0 saturated heterocycles. The second-order valence-corrected chi connectivity index (χ2v) is 3.02. The molecule has 15 heavy (non-hydrogen) atoms. The van der Waals surface area contributed by atoms with Gasteiger partial charge in [0.15, 0.2) is 0 Å². The second kappa shape index (κ2) is 6.05. The predicted molar refractivity (Wildman–Crippen MR) is 57.4 cm³/mol. The van der Waals surface area contributed by atoms with Crippen molar-refractivity contribution < 1.29 is 9.53 Å². The Morgan fingerprint density at radius 2 is 2.47 bits per heavy atom. The molecule has 0 bridgehead atoms. The Morgan fingerprint density at radius 3 is 3.13 bits per heavy atom. The highest BCUT2D eigenvalue weighted by Crippen LogP contribution is 2.10. The van der Waals surface area contributed by atoms with E-state index in [2.05, 4.69) is 16.8 Å². The lowest BCUT2D eigenvalue weighted by Crippen LogP contribution is -2.01. The van der Waals surface area contributed by atoms with Crippen LogP contribution >= 0.6 is 11.6 Å². The number of aromatic nitrogens is 1. The molecule has 0 aliphatic carbocycles. The van der Waals surface area contributed by atoms with Gasteiger partial charge in [0, 0.05) is 6.20 Å². The molecule has 0 radical (unpaired) electrons. The maximum Gasteiger partial charge on any atom is 0.317 e. The fourth-order valence-corrected chi connectivity index (χ4v) is 1.06. The SMILES string of the molecule is CCOC(=O)CC#Cc1ncccc1Cl. The summed E-state index contributed by atoms with van der Waals surface area (Å²) in [6.45, 7) is 2.12. The van der Waals surface area contributed by atoms with Crippen molar-refractivity contribution in [1.82, 2.24) is 4.98 Å². The van der Waals surface area contributed by atoms with Gasteiger partial charge in [0.25, 0.3) is 0 Å². The fourth-order valence-electron chi connectivity index (χ4n) is 0.890. The number of hydrogen-bond acceptors (Lipinski definition) is 3. The van der Waals surface area contributed by atoms with E-state index < -0.39 is 0 Å². The minimum atomic E-state index is -0.336. The zero-order valence-corrected chi connectivity index (χ0v) is 9.04. The lowest BCUT2D eigenvalue weighted by atomic mass is 10.3. The van der Waals surface area contributed by atoms with E-state index in [9.17, 15) is 4.79 Å². The van der Waals surface area contributed by atoms with Gasteiger partial charge < -0.3 is 4.74 Å². The molecule has 0 spiro atoms. The molecule has 3 nitrogen and oxygen atoms in total. The van der Waals surface area contributed by atoms with E-state index >= 15 is 0 Å². The standard InChI is InChI=1S/C11H10ClNO2/c1-2-15-11(14)7-3-6-10-9(12)5-4-8-13-10/h4-5,8H,2,7H2,1H3. The highest BCUT2D eigenvalue weighted by Gasteiger charge is 1.98. The Labute approximate surface area is 93.4 Å². The largest absolute Gasteiger partial charge is 0.465 e. The molecule has 0 saturated carbocycles. The normalized spacial score (nSPS) is 8.93. The van der Waals surface area contributed by atoms with Crippen LogP contribution in [0, 0.1) is 11.8 Å². The Kier molecular flexibility index (Phi) is 4.65. The van der Waals surface area contributed by atoms with Crippen molar-refractivity contribution in [2.24, 2.45) is 0 Å². The smallest absolute Gasteiger partial charge is 0.317 e. The van der Waals surface area contributed by atoms with E-state index in [1.807, 2.05) is 0 Å². The Balaban J connectivity index is 2.59. The van der Waals surface area contributed by atoms with Gasteiger partial charge in [-0.2, -0.15) is 0 Å². The van der Waals surface area contributed by atoms with E-state index in [-0.39, 0.29) is 12.4 Å². The molecular formula is C11H10ClNO2.